The first-order chi connectivity index (χ1) is 11.9. The summed E-state index contributed by atoms with van der Waals surface area (Å²) in [6, 6.07) is 9.92. The summed E-state index contributed by atoms with van der Waals surface area (Å²) in [5.41, 5.74) is 1.74. The van der Waals surface area contributed by atoms with Crippen LogP contribution < -0.4 is 10.9 Å². The minimum Gasteiger partial charge on any atom is -0.373 e. The third-order valence-electron chi connectivity index (χ3n) is 4.27. The fourth-order valence-electron chi connectivity index (χ4n) is 2.66. The van der Waals surface area contributed by atoms with Crippen LogP contribution in [0.3, 0.4) is 0 Å². The third kappa shape index (κ3) is 3.28. The number of aromatic nitrogens is 4. The van der Waals surface area contributed by atoms with E-state index in [0.29, 0.717) is 23.7 Å². The number of anilines is 1. The van der Waals surface area contributed by atoms with Crippen LogP contribution in [0.4, 0.5) is 5.95 Å². The Morgan fingerprint density at radius 2 is 1.88 bits per heavy atom. The number of hydrogen-bond donors (Lipinski definition) is 2. The van der Waals surface area contributed by atoms with Gasteiger partial charge in [-0.2, -0.15) is 4.98 Å². The summed E-state index contributed by atoms with van der Waals surface area (Å²) in [5.74, 6) is 1.03. The highest BCUT2D eigenvalue weighted by Crippen LogP contribution is 2.16. The number of benzene rings is 1. The van der Waals surface area contributed by atoms with E-state index in [1.807, 2.05) is 55.7 Å². The van der Waals surface area contributed by atoms with Crippen molar-refractivity contribution in [2.24, 2.45) is 13.0 Å². The zero-order valence-corrected chi connectivity index (χ0v) is 14.9. The highest BCUT2D eigenvalue weighted by atomic mass is 16.3. The molecule has 0 aliphatic carbocycles. The highest BCUT2D eigenvalue weighted by molar-refractivity contribution is 5.72. The molecule has 0 saturated carbocycles. The van der Waals surface area contributed by atoms with E-state index < -0.39 is 6.23 Å². The van der Waals surface area contributed by atoms with Crippen LogP contribution in [-0.2, 0) is 13.6 Å². The van der Waals surface area contributed by atoms with E-state index in [1.165, 1.54) is 4.57 Å². The molecule has 7 heteroatoms. The standard InChI is InChI=1S/C18H23N5O2/c1-11(2)16(24)21-18-20-15-14(17(25)22(18)4)23(12(3)19-15)10-13-8-6-5-7-9-13/h5-9,11,16,24H,10H2,1-4H3,(H,20,21). The second kappa shape index (κ2) is 6.68. The molecule has 0 saturated heterocycles. The molecule has 3 aromatic rings. The summed E-state index contributed by atoms with van der Waals surface area (Å²) in [6.45, 7) is 6.18. The number of fused-ring (bicyclic) bond motifs is 1. The van der Waals surface area contributed by atoms with Gasteiger partial charge >= 0.3 is 0 Å². The molecule has 3 rings (SSSR count). The van der Waals surface area contributed by atoms with Crippen LogP contribution in [-0.4, -0.2) is 30.4 Å². The largest absolute Gasteiger partial charge is 0.373 e. The van der Waals surface area contributed by atoms with Gasteiger partial charge in [0.1, 0.15) is 12.1 Å². The summed E-state index contributed by atoms with van der Waals surface area (Å²) in [5, 5.41) is 12.9. The van der Waals surface area contributed by atoms with Crippen molar-refractivity contribution in [3.8, 4) is 0 Å². The molecular weight excluding hydrogens is 318 g/mol. The minimum atomic E-state index is -0.789. The molecule has 2 heterocycles. The predicted octanol–water partition coefficient (Wildman–Crippen LogP) is 1.87. The average Bonchev–Trinajstić information content (AvgIpc) is 2.88. The van der Waals surface area contributed by atoms with Gasteiger partial charge < -0.3 is 15.0 Å². The molecule has 7 nitrogen and oxygen atoms in total. The van der Waals surface area contributed by atoms with Gasteiger partial charge in [-0.25, -0.2) is 4.98 Å². The lowest BCUT2D eigenvalue weighted by Crippen LogP contribution is -2.31. The number of hydrogen-bond acceptors (Lipinski definition) is 5. The fourth-order valence-corrected chi connectivity index (χ4v) is 2.66. The molecule has 2 N–H and O–H groups in total. The van der Waals surface area contributed by atoms with Gasteiger partial charge in [0, 0.05) is 13.6 Å². The Morgan fingerprint density at radius 3 is 2.52 bits per heavy atom. The smallest absolute Gasteiger partial charge is 0.280 e. The summed E-state index contributed by atoms with van der Waals surface area (Å²) >= 11 is 0. The highest BCUT2D eigenvalue weighted by Gasteiger charge is 2.18. The molecule has 0 bridgehead atoms. The Bertz CT molecular complexity index is 943. The van der Waals surface area contributed by atoms with Crippen LogP contribution in [0.15, 0.2) is 35.1 Å². The van der Waals surface area contributed by atoms with E-state index in [2.05, 4.69) is 15.3 Å². The van der Waals surface area contributed by atoms with Gasteiger partial charge in [0.25, 0.3) is 5.56 Å². The molecular formula is C18H23N5O2. The van der Waals surface area contributed by atoms with Crippen molar-refractivity contribution in [3.05, 3.63) is 52.1 Å². The van der Waals surface area contributed by atoms with Crippen molar-refractivity contribution in [2.45, 2.75) is 33.5 Å². The second-order valence-electron chi connectivity index (χ2n) is 6.54. The first-order valence-electron chi connectivity index (χ1n) is 8.31. The monoisotopic (exact) mass is 341 g/mol. The lowest BCUT2D eigenvalue weighted by Gasteiger charge is -2.18. The summed E-state index contributed by atoms with van der Waals surface area (Å²) in [4.78, 5) is 21.7. The first-order valence-corrected chi connectivity index (χ1v) is 8.31. The van der Waals surface area contributed by atoms with Gasteiger partial charge in [-0.3, -0.25) is 9.36 Å². The normalized spacial score (nSPS) is 12.7. The Morgan fingerprint density at radius 1 is 1.20 bits per heavy atom. The van der Waals surface area contributed by atoms with E-state index in [-0.39, 0.29) is 11.5 Å². The van der Waals surface area contributed by atoms with E-state index in [9.17, 15) is 9.90 Å². The van der Waals surface area contributed by atoms with E-state index in [4.69, 9.17) is 0 Å². The molecule has 0 spiro atoms. The Kier molecular flexibility index (Phi) is 4.59. The van der Waals surface area contributed by atoms with Crippen molar-refractivity contribution >= 4 is 17.1 Å². The van der Waals surface area contributed by atoms with Crippen LogP contribution in [0.25, 0.3) is 11.2 Å². The number of nitrogens with zero attached hydrogens (tertiary/aromatic N) is 4. The summed E-state index contributed by atoms with van der Waals surface area (Å²) < 4.78 is 3.29. The Balaban J connectivity index is 2.08. The minimum absolute atomic E-state index is 0.00928. The molecule has 0 fully saturated rings. The van der Waals surface area contributed by atoms with E-state index in [1.54, 1.807) is 7.05 Å². The topological polar surface area (TPSA) is 85.0 Å². The first kappa shape index (κ1) is 17.2. The van der Waals surface area contributed by atoms with Crippen molar-refractivity contribution < 1.29 is 5.11 Å². The molecule has 0 aliphatic heterocycles. The molecule has 1 unspecified atom stereocenters. The molecule has 1 atom stereocenters. The van der Waals surface area contributed by atoms with Gasteiger partial charge in [0.05, 0.1) is 0 Å². The third-order valence-corrected chi connectivity index (χ3v) is 4.27. The molecule has 0 aliphatic rings. The lowest BCUT2D eigenvalue weighted by atomic mass is 10.2. The molecule has 0 radical (unpaired) electrons. The van der Waals surface area contributed by atoms with E-state index in [0.717, 1.165) is 11.4 Å². The Labute approximate surface area is 146 Å². The SMILES string of the molecule is Cc1nc2nc(NC(O)C(C)C)n(C)c(=O)c2n1Cc1ccccc1. The number of aliphatic hydroxyl groups is 1. The number of imidazole rings is 1. The van der Waals surface area contributed by atoms with Crippen molar-refractivity contribution in [3.63, 3.8) is 0 Å². The zero-order chi connectivity index (χ0) is 18.1. The van der Waals surface area contributed by atoms with Crippen molar-refractivity contribution in [2.75, 3.05) is 5.32 Å². The number of aliphatic hydroxyl groups excluding tert-OH is 1. The molecule has 2 aromatic heterocycles. The number of rotatable bonds is 5. The number of aryl methyl sites for hydroxylation is 1. The van der Waals surface area contributed by atoms with Crippen LogP contribution >= 0.6 is 0 Å². The quantitative estimate of drug-likeness (QED) is 0.692. The van der Waals surface area contributed by atoms with Crippen LogP contribution in [0.2, 0.25) is 0 Å². The second-order valence-corrected chi connectivity index (χ2v) is 6.54. The molecule has 1 aromatic carbocycles. The lowest BCUT2D eigenvalue weighted by molar-refractivity contribution is 0.151. The fraction of sp³-hybridized carbons (Fsp3) is 0.389. The van der Waals surface area contributed by atoms with Gasteiger partial charge in [0.15, 0.2) is 11.2 Å². The summed E-state index contributed by atoms with van der Waals surface area (Å²) in [6.07, 6.45) is -0.789. The van der Waals surface area contributed by atoms with Crippen LogP contribution in [0.1, 0.15) is 25.2 Å². The van der Waals surface area contributed by atoms with Crippen molar-refractivity contribution in [1.82, 2.24) is 19.1 Å². The van der Waals surface area contributed by atoms with Crippen LogP contribution in [0, 0.1) is 12.8 Å². The van der Waals surface area contributed by atoms with Gasteiger partial charge in [-0.1, -0.05) is 44.2 Å². The predicted molar refractivity (Wildman–Crippen MR) is 97.5 cm³/mol. The van der Waals surface area contributed by atoms with Gasteiger partial charge in [-0.15, -0.1) is 0 Å². The molecule has 132 valence electrons. The zero-order valence-electron chi connectivity index (χ0n) is 14.9. The van der Waals surface area contributed by atoms with Gasteiger partial charge in [-0.05, 0) is 18.4 Å². The number of nitrogens with one attached hydrogen (secondary N) is 1. The Hall–Kier alpha value is -2.67. The van der Waals surface area contributed by atoms with Crippen molar-refractivity contribution in [1.29, 1.82) is 0 Å². The maximum atomic E-state index is 12.9. The molecule has 0 amide bonds. The maximum absolute atomic E-state index is 12.9. The summed E-state index contributed by atoms with van der Waals surface area (Å²) in [7, 11) is 1.64. The molecule has 25 heavy (non-hydrogen) atoms. The average molecular weight is 341 g/mol. The van der Waals surface area contributed by atoms with Gasteiger partial charge in [0.2, 0.25) is 5.95 Å². The van der Waals surface area contributed by atoms with E-state index >= 15 is 0 Å². The van der Waals surface area contributed by atoms with Crippen LogP contribution in [0.5, 0.6) is 0 Å². The maximum Gasteiger partial charge on any atom is 0.280 e.